The highest BCUT2D eigenvalue weighted by atomic mass is 16.2. The van der Waals surface area contributed by atoms with E-state index in [4.69, 9.17) is 11.0 Å². The van der Waals surface area contributed by atoms with Crippen LogP contribution in [0, 0.1) is 11.3 Å². The maximum Gasteiger partial charge on any atom is 0.239 e. The molecule has 0 spiro atoms. The Morgan fingerprint density at radius 1 is 1.44 bits per heavy atom. The molecule has 18 heavy (non-hydrogen) atoms. The fourth-order valence-electron chi connectivity index (χ4n) is 2.25. The van der Waals surface area contributed by atoms with Gasteiger partial charge in [-0.1, -0.05) is 12.1 Å². The summed E-state index contributed by atoms with van der Waals surface area (Å²) in [4.78, 5) is 13.8. The molecule has 4 nitrogen and oxygen atoms in total. The van der Waals surface area contributed by atoms with Gasteiger partial charge >= 0.3 is 0 Å². The van der Waals surface area contributed by atoms with Gasteiger partial charge in [0, 0.05) is 13.1 Å². The number of nitrogens with zero attached hydrogens (tertiary/aromatic N) is 2. The van der Waals surface area contributed by atoms with Crippen LogP contribution in [0.4, 0.5) is 0 Å². The maximum atomic E-state index is 12.0. The molecule has 1 amide bonds. The molecule has 1 aromatic rings. The monoisotopic (exact) mass is 243 g/mol. The topological polar surface area (TPSA) is 70.1 Å². The van der Waals surface area contributed by atoms with Gasteiger partial charge in [0.25, 0.3) is 0 Å². The van der Waals surface area contributed by atoms with E-state index in [0.717, 1.165) is 31.4 Å². The second-order valence-corrected chi connectivity index (χ2v) is 4.67. The third-order valence-corrected chi connectivity index (χ3v) is 3.25. The summed E-state index contributed by atoms with van der Waals surface area (Å²) in [5, 5.41) is 8.86. The molecule has 2 rings (SSSR count). The SMILES string of the molecule is N#Cc1cccc(CN2CCCCC(N)C2=O)c1. The first-order valence-corrected chi connectivity index (χ1v) is 6.24. The molecule has 1 heterocycles. The van der Waals surface area contributed by atoms with Gasteiger partial charge in [0.05, 0.1) is 17.7 Å². The summed E-state index contributed by atoms with van der Waals surface area (Å²) in [6.45, 7) is 1.30. The van der Waals surface area contributed by atoms with Crippen LogP contribution in [0.5, 0.6) is 0 Å². The van der Waals surface area contributed by atoms with Gasteiger partial charge in [0.1, 0.15) is 0 Å². The van der Waals surface area contributed by atoms with Gasteiger partial charge in [-0.05, 0) is 37.0 Å². The number of benzene rings is 1. The fraction of sp³-hybridized carbons (Fsp3) is 0.429. The van der Waals surface area contributed by atoms with Crippen LogP contribution in [0.1, 0.15) is 30.4 Å². The Hall–Kier alpha value is -1.86. The second-order valence-electron chi connectivity index (χ2n) is 4.67. The third kappa shape index (κ3) is 2.88. The molecule has 1 fully saturated rings. The molecule has 1 saturated heterocycles. The lowest BCUT2D eigenvalue weighted by Gasteiger charge is -2.22. The Morgan fingerprint density at radius 3 is 3.06 bits per heavy atom. The van der Waals surface area contributed by atoms with Gasteiger partial charge < -0.3 is 10.6 Å². The van der Waals surface area contributed by atoms with Crippen molar-refractivity contribution < 1.29 is 4.79 Å². The van der Waals surface area contributed by atoms with Crippen LogP contribution < -0.4 is 5.73 Å². The standard InChI is InChI=1S/C14H17N3O/c15-9-11-4-3-5-12(8-11)10-17-7-2-1-6-13(16)14(17)18/h3-5,8,13H,1-2,6-7,10,16H2. The molecule has 1 aliphatic heterocycles. The van der Waals surface area contributed by atoms with E-state index in [1.165, 1.54) is 0 Å². The number of hydrogen-bond donors (Lipinski definition) is 1. The van der Waals surface area contributed by atoms with Gasteiger partial charge in [-0.2, -0.15) is 5.26 Å². The Balaban J connectivity index is 2.11. The first-order valence-electron chi connectivity index (χ1n) is 6.24. The number of carbonyl (C=O) groups is 1. The van der Waals surface area contributed by atoms with E-state index in [9.17, 15) is 4.79 Å². The van der Waals surface area contributed by atoms with Crippen LogP contribution in [-0.2, 0) is 11.3 Å². The highest BCUT2D eigenvalue weighted by Crippen LogP contribution is 2.14. The van der Waals surface area contributed by atoms with Crippen molar-refractivity contribution in [2.45, 2.75) is 31.8 Å². The third-order valence-electron chi connectivity index (χ3n) is 3.25. The van der Waals surface area contributed by atoms with E-state index < -0.39 is 0 Å². The molecule has 0 bridgehead atoms. The Kier molecular flexibility index (Phi) is 3.96. The van der Waals surface area contributed by atoms with Crippen molar-refractivity contribution in [2.75, 3.05) is 6.54 Å². The Morgan fingerprint density at radius 2 is 2.28 bits per heavy atom. The number of amides is 1. The zero-order valence-corrected chi connectivity index (χ0v) is 10.3. The summed E-state index contributed by atoms with van der Waals surface area (Å²) in [5.41, 5.74) is 7.44. The fourth-order valence-corrected chi connectivity index (χ4v) is 2.25. The normalized spacial score (nSPS) is 20.3. The molecule has 0 radical (unpaired) electrons. The molecule has 2 N–H and O–H groups in total. The van der Waals surface area contributed by atoms with E-state index in [-0.39, 0.29) is 11.9 Å². The van der Waals surface area contributed by atoms with Crippen molar-refractivity contribution in [3.63, 3.8) is 0 Å². The van der Waals surface area contributed by atoms with Crippen molar-refractivity contribution in [1.29, 1.82) is 5.26 Å². The smallest absolute Gasteiger partial charge is 0.239 e. The summed E-state index contributed by atoms with van der Waals surface area (Å²) >= 11 is 0. The molecule has 0 aromatic heterocycles. The van der Waals surface area contributed by atoms with E-state index in [2.05, 4.69) is 6.07 Å². The van der Waals surface area contributed by atoms with Gasteiger partial charge in [0.2, 0.25) is 5.91 Å². The zero-order valence-electron chi connectivity index (χ0n) is 10.3. The lowest BCUT2D eigenvalue weighted by Crippen LogP contribution is -2.41. The Labute approximate surface area is 107 Å². The maximum absolute atomic E-state index is 12.0. The van der Waals surface area contributed by atoms with E-state index in [0.29, 0.717) is 12.1 Å². The number of nitrogens with two attached hydrogens (primary N) is 1. The van der Waals surface area contributed by atoms with Crippen LogP contribution in [-0.4, -0.2) is 23.4 Å². The predicted molar refractivity (Wildman–Crippen MR) is 68.4 cm³/mol. The minimum absolute atomic E-state index is 0.0230. The summed E-state index contributed by atoms with van der Waals surface area (Å²) in [5.74, 6) is 0.0230. The van der Waals surface area contributed by atoms with Crippen LogP contribution in [0.25, 0.3) is 0 Å². The van der Waals surface area contributed by atoms with Crippen molar-refractivity contribution in [3.8, 4) is 6.07 Å². The summed E-state index contributed by atoms with van der Waals surface area (Å²) in [6.07, 6.45) is 2.77. The molecule has 4 heteroatoms. The van der Waals surface area contributed by atoms with Gasteiger partial charge in [-0.3, -0.25) is 4.79 Å². The molecule has 1 aliphatic rings. The number of rotatable bonds is 2. The summed E-state index contributed by atoms with van der Waals surface area (Å²) in [6, 6.07) is 9.10. The molecule has 0 saturated carbocycles. The van der Waals surface area contributed by atoms with Crippen molar-refractivity contribution in [2.24, 2.45) is 5.73 Å². The molecular formula is C14H17N3O. The second kappa shape index (κ2) is 5.65. The number of nitriles is 1. The van der Waals surface area contributed by atoms with E-state index >= 15 is 0 Å². The number of likely N-dealkylation sites (tertiary alicyclic amines) is 1. The highest BCUT2D eigenvalue weighted by Gasteiger charge is 2.23. The molecule has 0 aliphatic carbocycles. The van der Waals surface area contributed by atoms with E-state index in [1.54, 1.807) is 11.0 Å². The van der Waals surface area contributed by atoms with Crippen molar-refractivity contribution in [1.82, 2.24) is 4.90 Å². The average Bonchev–Trinajstić information content (AvgIpc) is 2.55. The quantitative estimate of drug-likeness (QED) is 0.853. The molecule has 1 unspecified atom stereocenters. The van der Waals surface area contributed by atoms with Gasteiger partial charge in [-0.25, -0.2) is 0 Å². The molecule has 94 valence electrons. The largest absolute Gasteiger partial charge is 0.337 e. The van der Waals surface area contributed by atoms with Crippen LogP contribution in [0.2, 0.25) is 0 Å². The van der Waals surface area contributed by atoms with Gasteiger partial charge in [-0.15, -0.1) is 0 Å². The minimum Gasteiger partial charge on any atom is -0.337 e. The Bertz CT molecular complexity index is 478. The highest BCUT2D eigenvalue weighted by molar-refractivity contribution is 5.81. The zero-order chi connectivity index (χ0) is 13.0. The first kappa shape index (κ1) is 12.6. The van der Waals surface area contributed by atoms with Crippen LogP contribution in [0.3, 0.4) is 0 Å². The van der Waals surface area contributed by atoms with Gasteiger partial charge in [0.15, 0.2) is 0 Å². The molecule has 1 aromatic carbocycles. The van der Waals surface area contributed by atoms with Crippen LogP contribution >= 0.6 is 0 Å². The lowest BCUT2D eigenvalue weighted by molar-refractivity contribution is -0.132. The average molecular weight is 243 g/mol. The lowest BCUT2D eigenvalue weighted by atomic mass is 10.1. The predicted octanol–water partition coefficient (Wildman–Crippen LogP) is 1.40. The van der Waals surface area contributed by atoms with E-state index in [1.807, 2.05) is 18.2 Å². The number of carbonyl (C=O) groups excluding carboxylic acids is 1. The van der Waals surface area contributed by atoms with Crippen molar-refractivity contribution >= 4 is 5.91 Å². The number of hydrogen-bond acceptors (Lipinski definition) is 3. The molecular weight excluding hydrogens is 226 g/mol. The summed E-state index contributed by atoms with van der Waals surface area (Å²) < 4.78 is 0. The van der Waals surface area contributed by atoms with Crippen molar-refractivity contribution in [3.05, 3.63) is 35.4 Å². The molecule has 1 atom stereocenters. The summed E-state index contributed by atoms with van der Waals surface area (Å²) in [7, 11) is 0. The van der Waals surface area contributed by atoms with Crippen LogP contribution in [0.15, 0.2) is 24.3 Å². The minimum atomic E-state index is -0.369. The first-order chi connectivity index (χ1) is 8.70.